The molecule has 0 amide bonds. The van der Waals surface area contributed by atoms with Crippen molar-refractivity contribution in [2.75, 3.05) is 0 Å². The van der Waals surface area contributed by atoms with Gasteiger partial charge in [-0.05, 0) is 6.42 Å². The second-order valence-corrected chi connectivity index (χ2v) is 9.42. The first kappa shape index (κ1) is 11.0. The molecule has 1 heteroatoms. The highest BCUT2D eigenvalue weighted by atomic mass is 28.3. The molecule has 0 aromatic rings. The first-order chi connectivity index (χ1) is 5.12. The SMILES string of the molecule is C=CCC[Si](C)(C)CCCC. The summed E-state index contributed by atoms with van der Waals surface area (Å²) in [6, 6.07) is 2.92. The number of rotatable bonds is 6. The summed E-state index contributed by atoms with van der Waals surface area (Å²) in [5.41, 5.74) is 0. The minimum Gasteiger partial charge on any atom is -0.103 e. The lowest BCUT2D eigenvalue weighted by atomic mass is 10.4. The van der Waals surface area contributed by atoms with Crippen molar-refractivity contribution < 1.29 is 0 Å². The molecule has 0 fully saturated rings. The van der Waals surface area contributed by atoms with Crippen molar-refractivity contribution in [2.45, 2.75) is 51.4 Å². The molecule has 0 atom stereocenters. The molecule has 0 aliphatic heterocycles. The summed E-state index contributed by atoms with van der Waals surface area (Å²) < 4.78 is 0. The Balaban J connectivity index is 3.51. The van der Waals surface area contributed by atoms with Crippen LogP contribution in [-0.2, 0) is 0 Å². The Morgan fingerprint density at radius 3 is 2.36 bits per heavy atom. The third-order valence-electron chi connectivity index (χ3n) is 2.23. The van der Waals surface area contributed by atoms with Gasteiger partial charge in [0.25, 0.3) is 0 Å². The van der Waals surface area contributed by atoms with Crippen LogP contribution in [0.25, 0.3) is 0 Å². The average Bonchev–Trinajstić information content (AvgIpc) is 1.97. The van der Waals surface area contributed by atoms with Crippen LogP contribution in [0.1, 0.15) is 26.2 Å². The molecule has 11 heavy (non-hydrogen) atoms. The Bertz CT molecular complexity index is 105. The van der Waals surface area contributed by atoms with Crippen molar-refractivity contribution in [3.63, 3.8) is 0 Å². The van der Waals surface area contributed by atoms with Crippen LogP contribution < -0.4 is 0 Å². The highest BCUT2D eigenvalue weighted by molar-refractivity contribution is 6.77. The van der Waals surface area contributed by atoms with E-state index in [1.54, 1.807) is 0 Å². The quantitative estimate of drug-likeness (QED) is 0.416. The molecule has 0 heterocycles. The molecule has 0 rings (SSSR count). The van der Waals surface area contributed by atoms with Crippen molar-refractivity contribution in [1.29, 1.82) is 0 Å². The molecule has 0 aromatic carbocycles. The molecule has 0 saturated carbocycles. The van der Waals surface area contributed by atoms with Gasteiger partial charge in [-0.2, -0.15) is 0 Å². The summed E-state index contributed by atoms with van der Waals surface area (Å²) in [6.07, 6.45) is 6.06. The Hall–Kier alpha value is -0.0431. The van der Waals surface area contributed by atoms with Gasteiger partial charge >= 0.3 is 0 Å². The van der Waals surface area contributed by atoms with E-state index in [0.29, 0.717) is 0 Å². The fraction of sp³-hybridized carbons (Fsp3) is 0.800. The largest absolute Gasteiger partial charge is 0.103 e. The first-order valence-electron chi connectivity index (χ1n) is 4.73. The second kappa shape index (κ2) is 5.59. The van der Waals surface area contributed by atoms with Crippen LogP contribution in [0.15, 0.2) is 12.7 Å². The molecule has 0 bridgehead atoms. The molecule has 0 radical (unpaired) electrons. The van der Waals surface area contributed by atoms with Gasteiger partial charge < -0.3 is 0 Å². The van der Waals surface area contributed by atoms with Crippen LogP contribution in [0.5, 0.6) is 0 Å². The fourth-order valence-corrected chi connectivity index (χ4v) is 3.82. The van der Waals surface area contributed by atoms with Crippen LogP contribution in [0.3, 0.4) is 0 Å². The van der Waals surface area contributed by atoms with Gasteiger partial charge in [-0.3, -0.25) is 0 Å². The zero-order chi connectivity index (χ0) is 8.74. The van der Waals surface area contributed by atoms with E-state index in [2.05, 4.69) is 32.7 Å². The lowest BCUT2D eigenvalue weighted by Gasteiger charge is -2.20. The topological polar surface area (TPSA) is 0 Å². The molecule has 0 aliphatic rings. The van der Waals surface area contributed by atoms with E-state index < -0.39 is 8.07 Å². The monoisotopic (exact) mass is 170 g/mol. The van der Waals surface area contributed by atoms with E-state index >= 15 is 0 Å². The van der Waals surface area contributed by atoms with Gasteiger partial charge in [0, 0.05) is 8.07 Å². The van der Waals surface area contributed by atoms with E-state index in [0.717, 1.165) is 0 Å². The highest BCUT2D eigenvalue weighted by Crippen LogP contribution is 2.20. The summed E-state index contributed by atoms with van der Waals surface area (Å²) in [6.45, 7) is 11.0. The lowest BCUT2D eigenvalue weighted by molar-refractivity contribution is 0.861. The Kier molecular flexibility index (Phi) is 5.57. The van der Waals surface area contributed by atoms with E-state index in [1.165, 1.54) is 31.4 Å². The highest BCUT2D eigenvalue weighted by Gasteiger charge is 2.17. The summed E-state index contributed by atoms with van der Waals surface area (Å²) >= 11 is 0. The van der Waals surface area contributed by atoms with E-state index in [4.69, 9.17) is 0 Å². The van der Waals surface area contributed by atoms with Gasteiger partial charge in [0.15, 0.2) is 0 Å². The molecular formula is C10H22Si. The number of allylic oxidation sites excluding steroid dienone is 1. The third kappa shape index (κ3) is 6.36. The third-order valence-corrected chi connectivity index (χ3v) is 5.58. The average molecular weight is 170 g/mol. The molecule has 66 valence electrons. The van der Waals surface area contributed by atoms with Crippen molar-refractivity contribution in [1.82, 2.24) is 0 Å². The van der Waals surface area contributed by atoms with E-state index in [-0.39, 0.29) is 0 Å². The molecule has 0 unspecified atom stereocenters. The van der Waals surface area contributed by atoms with Crippen LogP contribution in [0.2, 0.25) is 25.2 Å². The summed E-state index contributed by atoms with van der Waals surface area (Å²) in [5.74, 6) is 0. The van der Waals surface area contributed by atoms with Crippen LogP contribution >= 0.6 is 0 Å². The van der Waals surface area contributed by atoms with Crippen molar-refractivity contribution in [3.05, 3.63) is 12.7 Å². The summed E-state index contributed by atoms with van der Waals surface area (Å²) in [5, 5.41) is 0. The Morgan fingerprint density at radius 2 is 1.91 bits per heavy atom. The number of hydrogen-bond acceptors (Lipinski definition) is 0. The maximum absolute atomic E-state index is 3.77. The molecule has 0 aromatic heterocycles. The normalized spacial score (nSPS) is 11.5. The summed E-state index contributed by atoms with van der Waals surface area (Å²) in [4.78, 5) is 0. The molecule has 0 spiro atoms. The van der Waals surface area contributed by atoms with Crippen LogP contribution in [0.4, 0.5) is 0 Å². The smallest absolute Gasteiger partial charge is 0.0476 e. The number of hydrogen-bond donors (Lipinski definition) is 0. The van der Waals surface area contributed by atoms with E-state index in [9.17, 15) is 0 Å². The predicted octanol–water partition coefficient (Wildman–Crippen LogP) is 4.07. The predicted molar refractivity (Wildman–Crippen MR) is 56.8 cm³/mol. The van der Waals surface area contributed by atoms with Gasteiger partial charge in [0.2, 0.25) is 0 Å². The molecule has 0 aliphatic carbocycles. The molecular weight excluding hydrogens is 148 g/mol. The maximum atomic E-state index is 3.77. The van der Waals surface area contributed by atoms with Crippen molar-refractivity contribution in [3.8, 4) is 0 Å². The minimum atomic E-state index is -0.817. The van der Waals surface area contributed by atoms with Crippen molar-refractivity contribution >= 4 is 8.07 Å². The lowest BCUT2D eigenvalue weighted by Crippen LogP contribution is -2.24. The van der Waals surface area contributed by atoms with Gasteiger partial charge in [-0.1, -0.05) is 51.0 Å². The minimum absolute atomic E-state index is 0.817. The van der Waals surface area contributed by atoms with E-state index in [1.807, 2.05) is 0 Å². The molecule has 0 saturated heterocycles. The van der Waals surface area contributed by atoms with Gasteiger partial charge in [0.1, 0.15) is 0 Å². The summed E-state index contributed by atoms with van der Waals surface area (Å²) in [7, 11) is -0.817. The maximum Gasteiger partial charge on any atom is 0.0476 e. The second-order valence-electron chi connectivity index (χ2n) is 4.10. The Labute approximate surface area is 72.7 Å². The zero-order valence-corrected chi connectivity index (χ0v) is 9.32. The van der Waals surface area contributed by atoms with Gasteiger partial charge in [-0.25, -0.2) is 0 Å². The zero-order valence-electron chi connectivity index (χ0n) is 8.32. The van der Waals surface area contributed by atoms with Gasteiger partial charge in [0.05, 0.1) is 0 Å². The fourth-order valence-electron chi connectivity index (χ4n) is 1.27. The van der Waals surface area contributed by atoms with Crippen LogP contribution in [0, 0.1) is 0 Å². The Morgan fingerprint density at radius 1 is 1.27 bits per heavy atom. The first-order valence-corrected chi connectivity index (χ1v) is 8.14. The van der Waals surface area contributed by atoms with Crippen LogP contribution in [-0.4, -0.2) is 8.07 Å². The number of unbranched alkanes of at least 4 members (excludes halogenated alkanes) is 1. The molecule has 0 N–H and O–H groups in total. The molecule has 0 nitrogen and oxygen atoms in total. The standard InChI is InChI=1S/C10H22Si/c1-5-7-9-11(3,4)10-8-6-2/h5H,1,6-10H2,2-4H3. The van der Waals surface area contributed by atoms with Gasteiger partial charge in [-0.15, -0.1) is 6.58 Å². The van der Waals surface area contributed by atoms with Crippen molar-refractivity contribution in [2.24, 2.45) is 0 Å².